The molecule has 2 heterocycles. The molecule has 1 amide bonds. The fourth-order valence-electron chi connectivity index (χ4n) is 2.63. The first kappa shape index (κ1) is 14.2. The SMILES string of the molecule is CN(C(=O)[C@H]1COc2ccccc2O1)[C@@H]1CCS(=O)(=O)C1. The Morgan fingerprint density at radius 3 is 2.67 bits per heavy atom. The van der Waals surface area contributed by atoms with E-state index in [9.17, 15) is 13.2 Å². The van der Waals surface area contributed by atoms with Crippen LogP contribution >= 0.6 is 0 Å². The lowest BCUT2D eigenvalue weighted by Gasteiger charge is -2.31. The molecule has 0 aromatic heterocycles. The number of nitrogens with zero attached hydrogens (tertiary/aromatic N) is 1. The maximum Gasteiger partial charge on any atom is 0.267 e. The minimum Gasteiger partial charge on any atom is -0.485 e. The summed E-state index contributed by atoms with van der Waals surface area (Å²) in [6, 6.07) is 6.89. The molecule has 0 bridgehead atoms. The van der Waals surface area contributed by atoms with Crippen LogP contribution in [0.25, 0.3) is 0 Å². The van der Waals surface area contributed by atoms with Crippen molar-refractivity contribution in [1.82, 2.24) is 4.90 Å². The van der Waals surface area contributed by atoms with Gasteiger partial charge >= 0.3 is 0 Å². The van der Waals surface area contributed by atoms with Gasteiger partial charge in [0.25, 0.3) is 5.91 Å². The minimum atomic E-state index is -3.02. The zero-order valence-electron chi connectivity index (χ0n) is 11.7. The molecule has 0 spiro atoms. The first-order valence-corrected chi connectivity index (χ1v) is 8.64. The fourth-order valence-corrected chi connectivity index (χ4v) is 4.40. The molecule has 1 aromatic carbocycles. The van der Waals surface area contributed by atoms with Gasteiger partial charge in [0.05, 0.1) is 11.5 Å². The van der Waals surface area contributed by atoms with Gasteiger partial charge in [0.15, 0.2) is 21.3 Å². The van der Waals surface area contributed by atoms with E-state index < -0.39 is 15.9 Å². The summed E-state index contributed by atoms with van der Waals surface area (Å²) in [6.07, 6.45) is -0.248. The Morgan fingerprint density at radius 2 is 2.00 bits per heavy atom. The van der Waals surface area contributed by atoms with Crippen molar-refractivity contribution in [1.29, 1.82) is 0 Å². The predicted octanol–water partition coefficient (Wildman–Crippen LogP) is 0.472. The third-order valence-electron chi connectivity index (χ3n) is 3.89. The van der Waals surface area contributed by atoms with Crippen LogP contribution in [0.15, 0.2) is 24.3 Å². The Balaban J connectivity index is 1.69. The van der Waals surface area contributed by atoms with Gasteiger partial charge in [0, 0.05) is 13.1 Å². The highest BCUT2D eigenvalue weighted by Gasteiger charge is 2.37. The van der Waals surface area contributed by atoms with Crippen LogP contribution in [-0.4, -0.2) is 56.5 Å². The van der Waals surface area contributed by atoms with Gasteiger partial charge in [-0.3, -0.25) is 4.79 Å². The molecule has 0 N–H and O–H groups in total. The number of carbonyl (C=O) groups excluding carboxylic acids is 1. The summed E-state index contributed by atoms with van der Waals surface area (Å²) < 4.78 is 34.2. The molecule has 0 saturated carbocycles. The van der Waals surface area contributed by atoms with E-state index in [4.69, 9.17) is 9.47 Å². The number of amides is 1. The largest absolute Gasteiger partial charge is 0.485 e. The fraction of sp³-hybridized carbons (Fsp3) is 0.500. The van der Waals surface area contributed by atoms with Crippen molar-refractivity contribution in [2.24, 2.45) is 0 Å². The molecule has 6 nitrogen and oxygen atoms in total. The van der Waals surface area contributed by atoms with E-state index >= 15 is 0 Å². The first-order chi connectivity index (χ1) is 9.96. The minimum absolute atomic E-state index is 0.0272. The van der Waals surface area contributed by atoms with Crippen molar-refractivity contribution < 1.29 is 22.7 Å². The van der Waals surface area contributed by atoms with Crippen LogP contribution in [0.5, 0.6) is 11.5 Å². The molecular weight excluding hydrogens is 294 g/mol. The molecule has 0 aliphatic carbocycles. The second kappa shape index (κ2) is 5.22. The zero-order chi connectivity index (χ0) is 15.0. The number of para-hydroxylation sites is 2. The lowest BCUT2D eigenvalue weighted by Crippen LogP contribution is -2.48. The van der Waals surface area contributed by atoms with Gasteiger partial charge in [-0.1, -0.05) is 12.1 Å². The number of sulfone groups is 1. The summed E-state index contributed by atoms with van der Waals surface area (Å²) in [5.41, 5.74) is 0. The van der Waals surface area contributed by atoms with E-state index in [2.05, 4.69) is 0 Å². The summed E-state index contributed by atoms with van der Waals surface area (Å²) in [7, 11) is -1.40. The molecule has 114 valence electrons. The highest BCUT2D eigenvalue weighted by atomic mass is 32.2. The zero-order valence-corrected chi connectivity index (χ0v) is 12.5. The normalized spacial score (nSPS) is 26.3. The molecule has 7 heteroatoms. The number of ether oxygens (including phenoxy) is 2. The van der Waals surface area contributed by atoms with Crippen LogP contribution in [0.2, 0.25) is 0 Å². The average Bonchev–Trinajstić information content (AvgIpc) is 2.85. The van der Waals surface area contributed by atoms with Crippen LogP contribution in [0, 0.1) is 0 Å². The molecule has 2 aliphatic heterocycles. The maximum atomic E-state index is 12.4. The molecule has 0 unspecified atom stereocenters. The predicted molar refractivity (Wildman–Crippen MR) is 76.2 cm³/mol. The Bertz CT molecular complexity index is 657. The van der Waals surface area contributed by atoms with Gasteiger partial charge in [-0.25, -0.2) is 8.42 Å². The Morgan fingerprint density at radius 1 is 1.29 bits per heavy atom. The quantitative estimate of drug-likeness (QED) is 0.794. The second-order valence-electron chi connectivity index (χ2n) is 5.37. The van der Waals surface area contributed by atoms with E-state index in [-0.39, 0.29) is 30.1 Å². The summed E-state index contributed by atoms with van der Waals surface area (Å²) in [5.74, 6) is 1.08. The van der Waals surface area contributed by atoms with Gasteiger partial charge in [0.2, 0.25) is 6.10 Å². The average molecular weight is 311 g/mol. The van der Waals surface area contributed by atoms with Gasteiger partial charge < -0.3 is 14.4 Å². The summed E-state index contributed by atoms with van der Waals surface area (Å²) in [6.45, 7) is 0.139. The number of likely N-dealkylation sites (N-methyl/N-ethyl adjacent to an activating group) is 1. The van der Waals surface area contributed by atoms with E-state index in [1.807, 2.05) is 12.1 Å². The molecular formula is C14H17NO5S. The van der Waals surface area contributed by atoms with Crippen LogP contribution in [0.1, 0.15) is 6.42 Å². The van der Waals surface area contributed by atoms with Crippen LogP contribution in [0.4, 0.5) is 0 Å². The second-order valence-corrected chi connectivity index (χ2v) is 7.60. The number of fused-ring (bicyclic) bond motifs is 1. The number of hydrogen-bond donors (Lipinski definition) is 0. The molecule has 2 aliphatic rings. The molecule has 0 radical (unpaired) electrons. The lowest BCUT2D eigenvalue weighted by molar-refractivity contribution is -0.141. The maximum absolute atomic E-state index is 12.4. The third-order valence-corrected chi connectivity index (χ3v) is 5.64. The summed E-state index contributed by atoms with van der Waals surface area (Å²) in [5, 5.41) is 0. The Labute approximate surface area is 123 Å². The third kappa shape index (κ3) is 2.83. The van der Waals surface area contributed by atoms with Gasteiger partial charge in [0.1, 0.15) is 6.61 Å². The molecule has 1 fully saturated rings. The first-order valence-electron chi connectivity index (χ1n) is 6.82. The van der Waals surface area contributed by atoms with Gasteiger partial charge in [-0.15, -0.1) is 0 Å². The molecule has 1 aromatic rings. The molecule has 21 heavy (non-hydrogen) atoms. The topological polar surface area (TPSA) is 72.9 Å². The van der Waals surface area contributed by atoms with E-state index in [0.29, 0.717) is 17.9 Å². The van der Waals surface area contributed by atoms with Crippen molar-refractivity contribution in [2.75, 3.05) is 25.2 Å². The van der Waals surface area contributed by atoms with Crippen LogP contribution in [0.3, 0.4) is 0 Å². The highest BCUT2D eigenvalue weighted by molar-refractivity contribution is 7.91. The number of benzene rings is 1. The van der Waals surface area contributed by atoms with E-state index in [0.717, 1.165) is 0 Å². The van der Waals surface area contributed by atoms with E-state index in [1.54, 1.807) is 19.2 Å². The summed E-state index contributed by atoms with van der Waals surface area (Å²) in [4.78, 5) is 13.9. The van der Waals surface area contributed by atoms with Crippen molar-refractivity contribution in [2.45, 2.75) is 18.6 Å². The lowest BCUT2D eigenvalue weighted by atomic mass is 10.2. The number of carbonyl (C=O) groups is 1. The van der Waals surface area contributed by atoms with Crippen LogP contribution in [-0.2, 0) is 14.6 Å². The Kier molecular flexibility index (Phi) is 3.52. The monoisotopic (exact) mass is 311 g/mol. The number of rotatable bonds is 2. The van der Waals surface area contributed by atoms with Crippen LogP contribution < -0.4 is 9.47 Å². The highest BCUT2D eigenvalue weighted by Crippen LogP contribution is 2.31. The molecule has 2 atom stereocenters. The molecule has 3 rings (SSSR count). The van der Waals surface area contributed by atoms with Gasteiger partial charge in [-0.05, 0) is 18.6 Å². The Hall–Kier alpha value is -1.76. The summed E-state index contributed by atoms with van der Waals surface area (Å²) >= 11 is 0. The van der Waals surface area contributed by atoms with Gasteiger partial charge in [-0.2, -0.15) is 0 Å². The number of hydrogen-bond acceptors (Lipinski definition) is 5. The standard InChI is InChI=1S/C14H17NO5S/c1-15(10-6-7-21(17,18)9-10)14(16)13-8-19-11-4-2-3-5-12(11)20-13/h2-5,10,13H,6-9H2,1H3/t10-,13-/m1/s1. The van der Waals surface area contributed by atoms with E-state index in [1.165, 1.54) is 4.90 Å². The van der Waals surface area contributed by atoms with Crippen molar-refractivity contribution in [3.8, 4) is 11.5 Å². The van der Waals surface area contributed by atoms with Crippen molar-refractivity contribution in [3.63, 3.8) is 0 Å². The smallest absolute Gasteiger partial charge is 0.267 e. The van der Waals surface area contributed by atoms with Crippen molar-refractivity contribution >= 4 is 15.7 Å². The van der Waals surface area contributed by atoms with Crippen molar-refractivity contribution in [3.05, 3.63) is 24.3 Å². The molecule has 1 saturated heterocycles.